The van der Waals surface area contributed by atoms with E-state index in [-0.39, 0.29) is 10.8 Å². The maximum Gasteiger partial charge on any atom is 0.307 e. The fraction of sp³-hybridized carbons (Fsp3) is 0.130. The van der Waals surface area contributed by atoms with E-state index in [4.69, 9.17) is 9.57 Å². The molecule has 0 amide bonds. The van der Waals surface area contributed by atoms with Crippen LogP contribution in [0.3, 0.4) is 0 Å². The van der Waals surface area contributed by atoms with Crippen molar-refractivity contribution in [2.45, 2.75) is 6.42 Å². The van der Waals surface area contributed by atoms with E-state index in [9.17, 15) is 9.90 Å². The number of nitrogens with one attached hydrogen (secondary N) is 2. The average molecular weight is 436 g/mol. The van der Waals surface area contributed by atoms with E-state index in [0.717, 1.165) is 39.2 Å². The Hall–Kier alpha value is -3.62. The van der Waals surface area contributed by atoms with Crippen molar-refractivity contribution in [1.82, 2.24) is 15.4 Å². The Labute approximate surface area is 182 Å². The summed E-state index contributed by atoms with van der Waals surface area (Å²) in [6.45, 7) is 0.747. The van der Waals surface area contributed by atoms with Gasteiger partial charge in [0.1, 0.15) is 19.0 Å². The summed E-state index contributed by atoms with van der Waals surface area (Å²) in [4.78, 5) is 23.9. The number of aromatic nitrogens is 2. The highest BCUT2D eigenvalue weighted by Gasteiger charge is 2.07. The minimum Gasteiger partial charge on any atom is -0.494 e. The van der Waals surface area contributed by atoms with Crippen LogP contribution in [0.15, 0.2) is 71.7 Å². The van der Waals surface area contributed by atoms with Crippen LogP contribution in [0, 0.1) is 0 Å². The summed E-state index contributed by atoms with van der Waals surface area (Å²) in [5.41, 5.74) is 5.52. The smallest absolute Gasteiger partial charge is 0.307 e. The van der Waals surface area contributed by atoms with Gasteiger partial charge in [-0.2, -0.15) is 0 Å². The number of fused-ring (bicyclic) bond motifs is 1. The SMILES string of the molecule is O=c1[nH]c(O)c(Cc2ccc(OCCONC=Cc3ccc4ccccc4n3)cc2)s1. The molecule has 2 heterocycles. The number of hydrogen-bond donors (Lipinski definition) is 3. The van der Waals surface area contributed by atoms with Gasteiger partial charge >= 0.3 is 4.87 Å². The number of nitrogens with zero attached hydrogens (tertiary/aromatic N) is 1. The van der Waals surface area contributed by atoms with Crippen LogP contribution in [0.25, 0.3) is 17.0 Å². The van der Waals surface area contributed by atoms with E-state index in [2.05, 4.69) is 15.4 Å². The largest absolute Gasteiger partial charge is 0.494 e. The van der Waals surface area contributed by atoms with E-state index in [1.807, 2.05) is 66.7 Å². The lowest BCUT2D eigenvalue weighted by Crippen LogP contribution is -2.13. The second-order valence-electron chi connectivity index (χ2n) is 6.68. The Morgan fingerprint density at radius 2 is 1.90 bits per heavy atom. The Morgan fingerprint density at radius 1 is 1.06 bits per heavy atom. The first-order chi connectivity index (χ1) is 15.2. The van der Waals surface area contributed by atoms with Gasteiger partial charge in [-0.05, 0) is 35.9 Å². The molecule has 4 rings (SSSR count). The lowest BCUT2D eigenvalue weighted by atomic mass is 10.1. The van der Waals surface area contributed by atoms with E-state index in [1.165, 1.54) is 0 Å². The minimum absolute atomic E-state index is 0.0644. The highest BCUT2D eigenvalue weighted by Crippen LogP contribution is 2.21. The molecular weight excluding hydrogens is 414 g/mol. The van der Waals surface area contributed by atoms with Gasteiger partial charge < -0.3 is 9.84 Å². The molecular formula is C23H21N3O4S. The van der Waals surface area contributed by atoms with Gasteiger partial charge in [0.05, 0.1) is 16.1 Å². The molecule has 0 saturated heterocycles. The first-order valence-corrected chi connectivity index (χ1v) is 10.5. The number of para-hydroxylation sites is 1. The topological polar surface area (TPSA) is 96.5 Å². The van der Waals surface area contributed by atoms with Crippen LogP contribution in [0.5, 0.6) is 11.6 Å². The molecule has 2 aromatic heterocycles. The minimum atomic E-state index is -0.260. The summed E-state index contributed by atoms with van der Waals surface area (Å²) in [6.07, 6.45) is 4.02. The van der Waals surface area contributed by atoms with Gasteiger partial charge in [0.25, 0.3) is 0 Å². The number of benzene rings is 2. The van der Waals surface area contributed by atoms with E-state index < -0.39 is 0 Å². The molecule has 0 atom stereocenters. The highest BCUT2D eigenvalue weighted by atomic mass is 32.1. The third-order valence-corrected chi connectivity index (χ3v) is 5.34. The van der Waals surface area contributed by atoms with E-state index >= 15 is 0 Å². The maximum atomic E-state index is 11.2. The van der Waals surface area contributed by atoms with Crippen LogP contribution in [0.4, 0.5) is 0 Å². The standard InChI is InChI=1S/C23H21N3O4S/c27-22-21(31-23(28)26-22)15-16-5-9-19(10-6-16)29-13-14-30-24-12-11-18-8-7-17-3-1-2-4-20(17)25-18/h1-12,24,27H,13-15H2,(H,26,28). The second-order valence-corrected chi connectivity index (χ2v) is 7.75. The number of aromatic amines is 1. The summed E-state index contributed by atoms with van der Waals surface area (Å²) >= 11 is 1.01. The number of thiazole rings is 1. The molecule has 0 spiro atoms. The Morgan fingerprint density at radius 3 is 2.71 bits per heavy atom. The molecule has 0 aliphatic rings. The molecule has 3 N–H and O–H groups in total. The third-order valence-electron chi connectivity index (χ3n) is 4.47. The fourth-order valence-electron chi connectivity index (χ4n) is 2.96. The molecule has 0 radical (unpaired) electrons. The lowest BCUT2D eigenvalue weighted by molar-refractivity contribution is 0.0484. The van der Waals surface area contributed by atoms with Crippen LogP contribution < -0.4 is 15.1 Å². The monoisotopic (exact) mass is 435 g/mol. The summed E-state index contributed by atoms with van der Waals surface area (Å²) in [7, 11) is 0. The predicted molar refractivity (Wildman–Crippen MR) is 121 cm³/mol. The van der Waals surface area contributed by atoms with Crippen molar-refractivity contribution < 1.29 is 14.7 Å². The fourth-order valence-corrected chi connectivity index (χ4v) is 3.72. The third kappa shape index (κ3) is 5.71. The van der Waals surface area contributed by atoms with Crippen LogP contribution >= 0.6 is 11.3 Å². The first-order valence-electron chi connectivity index (χ1n) is 9.70. The van der Waals surface area contributed by atoms with Crippen LogP contribution in [0.2, 0.25) is 0 Å². The molecule has 0 saturated carbocycles. The second kappa shape index (κ2) is 9.92. The van der Waals surface area contributed by atoms with Gasteiger partial charge in [-0.1, -0.05) is 47.7 Å². The number of pyridine rings is 1. The summed E-state index contributed by atoms with van der Waals surface area (Å²) in [5.74, 6) is 0.653. The molecule has 31 heavy (non-hydrogen) atoms. The van der Waals surface area contributed by atoms with Crippen molar-refractivity contribution in [3.05, 3.63) is 92.7 Å². The lowest BCUT2D eigenvalue weighted by Gasteiger charge is -2.07. The molecule has 0 unspecified atom stereocenters. The van der Waals surface area contributed by atoms with E-state index in [0.29, 0.717) is 24.5 Å². The summed E-state index contributed by atoms with van der Waals surface area (Å²) < 4.78 is 5.65. The zero-order valence-corrected chi connectivity index (χ0v) is 17.4. The Kier molecular flexibility index (Phi) is 6.61. The van der Waals surface area contributed by atoms with Gasteiger partial charge in [0.2, 0.25) is 5.88 Å². The van der Waals surface area contributed by atoms with Crippen molar-refractivity contribution in [3.8, 4) is 11.6 Å². The Bertz CT molecular complexity index is 1230. The van der Waals surface area contributed by atoms with Crippen molar-refractivity contribution in [2.75, 3.05) is 13.2 Å². The van der Waals surface area contributed by atoms with Crippen molar-refractivity contribution in [1.29, 1.82) is 0 Å². The number of hydroxylamine groups is 1. The molecule has 8 heteroatoms. The molecule has 0 aliphatic carbocycles. The van der Waals surface area contributed by atoms with Gasteiger partial charge in [-0.3, -0.25) is 20.1 Å². The quantitative estimate of drug-likeness (QED) is 0.273. The number of rotatable bonds is 9. The van der Waals surface area contributed by atoms with Crippen molar-refractivity contribution in [2.24, 2.45) is 0 Å². The predicted octanol–water partition coefficient (Wildman–Crippen LogP) is 3.85. The van der Waals surface area contributed by atoms with Crippen molar-refractivity contribution in [3.63, 3.8) is 0 Å². The molecule has 0 fully saturated rings. The normalized spacial score (nSPS) is 11.2. The van der Waals surface area contributed by atoms with Crippen LogP contribution in [-0.2, 0) is 11.3 Å². The van der Waals surface area contributed by atoms with Gasteiger partial charge in [-0.15, -0.1) is 0 Å². The number of H-pyrrole nitrogens is 1. The summed E-state index contributed by atoms with van der Waals surface area (Å²) in [5, 5.41) is 10.8. The zero-order valence-electron chi connectivity index (χ0n) is 16.6. The number of ether oxygens (including phenoxy) is 1. The van der Waals surface area contributed by atoms with Gasteiger partial charge in [0.15, 0.2) is 0 Å². The highest BCUT2D eigenvalue weighted by molar-refractivity contribution is 7.09. The van der Waals surface area contributed by atoms with Gasteiger partial charge in [-0.25, -0.2) is 4.98 Å². The molecule has 0 aliphatic heterocycles. The molecule has 4 aromatic rings. The zero-order chi connectivity index (χ0) is 21.5. The molecule has 2 aromatic carbocycles. The molecule has 7 nitrogen and oxygen atoms in total. The average Bonchev–Trinajstić information content (AvgIpc) is 3.10. The van der Waals surface area contributed by atoms with Crippen LogP contribution in [0.1, 0.15) is 16.1 Å². The maximum absolute atomic E-state index is 11.2. The van der Waals surface area contributed by atoms with Crippen LogP contribution in [-0.4, -0.2) is 28.3 Å². The summed E-state index contributed by atoms with van der Waals surface area (Å²) in [6, 6.07) is 19.4. The van der Waals surface area contributed by atoms with Crippen molar-refractivity contribution >= 4 is 28.3 Å². The van der Waals surface area contributed by atoms with E-state index in [1.54, 1.807) is 6.20 Å². The van der Waals surface area contributed by atoms with Gasteiger partial charge in [0, 0.05) is 18.0 Å². The first kappa shape index (κ1) is 20.6. The molecule has 0 bridgehead atoms. The number of hydrogen-bond acceptors (Lipinski definition) is 7. The number of aromatic hydroxyl groups is 1. The Balaban J connectivity index is 1.17. The molecule has 158 valence electrons.